The van der Waals surface area contributed by atoms with Crippen LogP contribution in [0.2, 0.25) is 0 Å². The molecule has 88 valence electrons. The van der Waals surface area contributed by atoms with Crippen LogP contribution in [0.15, 0.2) is 16.5 Å². The molecule has 0 bridgehead atoms. The summed E-state index contributed by atoms with van der Waals surface area (Å²) in [6, 6.07) is 3.59. The Morgan fingerprint density at radius 3 is 2.56 bits per heavy atom. The van der Waals surface area contributed by atoms with Gasteiger partial charge >= 0.3 is 0 Å². The number of ketones is 1. The summed E-state index contributed by atoms with van der Waals surface area (Å²) < 4.78 is 5.32. The van der Waals surface area contributed by atoms with Gasteiger partial charge in [-0.25, -0.2) is 0 Å². The Morgan fingerprint density at radius 1 is 1.31 bits per heavy atom. The molecule has 4 nitrogen and oxygen atoms in total. The number of carbonyl (C=O) groups excluding carboxylic acids is 1. The highest BCUT2D eigenvalue weighted by molar-refractivity contribution is 5.95. The van der Waals surface area contributed by atoms with E-state index >= 15 is 0 Å². The first kappa shape index (κ1) is 11.4. The fourth-order valence-corrected chi connectivity index (χ4v) is 1.87. The van der Waals surface area contributed by atoms with E-state index in [9.17, 15) is 4.79 Å². The molecule has 1 aromatic rings. The van der Waals surface area contributed by atoms with Gasteiger partial charge in [0.2, 0.25) is 5.78 Å². The lowest BCUT2D eigenvalue weighted by molar-refractivity contribution is 0.0849. The Kier molecular flexibility index (Phi) is 3.41. The minimum Gasteiger partial charge on any atom is -0.458 e. The molecule has 1 aliphatic heterocycles. The number of aryl methyl sites for hydroxylation is 1. The molecule has 1 aliphatic rings. The number of rotatable bonds is 3. The fraction of sp³-hybridized carbons (Fsp3) is 0.583. The van der Waals surface area contributed by atoms with Gasteiger partial charge in [0, 0.05) is 26.2 Å². The molecule has 0 aliphatic carbocycles. The van der Waals surface area contributed by atoms with Gasteiger partial charge in [0.25, 0.3) is 0 Å². The topological polar surface area (TPSA) is 36.7 Å². The highest BCUT2D eigenvalue weighted by Gasteiger charge is 2.18. The zero-order valence-electron chi connectivity index (χ0n) is 9.90. The zero-order chi connectivity index (χ0) is 11.5. The maximum Gasteiger partial charge on any atom is 0.211 e. The molecular weight excluding hydrogens is 204 g/mol. The first-order valence-corrected chi connectivity index (χ1v) is 5.65. The number of carbonyl (C=O) groups is 1. The molecule has 2 rings (SSSR count). The van der Waals surface area contributed by atoms with Crippen molar-refractivity contribution in [3.8, 4) is 0 Å². The summed E-state index contributed by atoms with van der Waals surface area (Å²) in [6.07, 6.45) is 0. The van der Waals surface area contributed by atoms with Gasteiger partial charge in [0.1, 0.15) is 5.76 Å². The lowest BCUT2D eigenvalue weighted by atomic mass is 10.2. The van der Waals surface area contributed by atoms with E-state index in [0.717, 1.165) is 31.9 Å². The second-order valence-corrected chi connectivity index (χ2v) is 4.41. The highest BCUT2D eigenvalue weighted by atomic mass is 16.3. The van der Waals surface area contributed by atoms with Crippen molar-refractivity contribution in [2.24, 2.45) is 0 Å². The molecule has 4 heteroatoms. The second kappa shape index (κ2) is 4.80. The first-order valence-electron chi connectivity index (χ1n) is 5.65. The van der Waals surface area contributed by atoms with Crippen LogP contribution in [-0.4, -0.2) is 55.4 Å². The summed E-state index contributed by atoms with van der Waals surface area (Å²) in [7, 11) is 2.11. The van der Waals surface area contributed by atoms with Crippen molar-refractivity contribution in [3.63, 3.8) is 0 Å². The van der Waals surface area contributed by atoms with Gasteiger partial charge in [-0.05, 0) is 26.1 Å². The third-order valence-electron chi connectivity index (χ3n) is 2.98. The molecule has 1 fully saturated rings. The number of nitrogens with zero attached hydrogens (tertiary/aromatic N) is 2. The van der Waals surface area contributed by atoms with Gasteiger partial charge in [0.05, 0.1) is 6.54 Å². The smallest absolute Gasteiger partial charge is 0.211 e. The maximum atomic E-state index is 11.9. The van der Waals surface area contributed by atoms with E-state index in [1.807, 2.05) is 13.0 Å². The summed E-state index contributed by atoms with van der Waals surface area (Å²) in [6.45, 7) is 6.31. The summed E-state index contributed by atoms with van der Waals surface area (Å²) in [4.78, 5) is 16.3. The van der Waals surface area contributed by atoms with Crippen molar-refractivity contribution >= 4 is 5.78 Å². The Bertz CT molecular complexity index is 365. The van der Waals surface area contributed by atoms with E-state index in [2.05, 4.69) is 16.8 Å². The van der Waals surface area contributed by atoms with Gasteiger partial charge in [0.15, 0.2) is 5.76 Å². The SMILES string of the molecule is Cc1ccc(C(=O)CN2CCN(C)CC2)o1. The van der Waals surface area contributed by atoms with Crippen molar-refractivity contribution < 1.29 is 9.21 Å². The molecule has 16 heavy (non-hydrogen) atoms. The molecule has 0 spiro atoms. The second-order valence-electron chi connectivity index (χ2n) is 4.41. The third kappa shape index (κ3) is 2.71. The predicted molar refractivity (Wildman–Crippen MR) is 61.7 cm³/mol. The summed E-state index contributed by atoms with van der Waals surface area (Å²) in [5.41, 5.74) is 0. The van der Waals surface area contributed by atoms with E-state index < -0.39 is 0 Å². The van der Waals surface area contributed by atoms with Gasteiger partial charge in [-0.15, -0.1) is 0 Å². The summed E-state index contributed by atoms with van der Waals surface area (Å²) in [5.74, 6) is 1.36. The standard InChI is InChI=1S/C12H18N2O2/c1-10-3-4-12(16-10)11(15)9-14-7-5-13(2)6-8-14/h3-4H,5-9H2,1-2H3. The van der Waals surface area contributed by atoms with Crippen LogP contribution in [-0.2, 0) is 0 Å². The minimum absolute atomic E-state index is 0.0812. The summed E-state index contributed by atoms with van der Waals surface area (Å²) in [5, 5.41) is 0. The quantitative estimate of drug-likeness (QED) is 0.715. The Morgan fingerprint density at radius 2 is 2.00 bits per heavy atom. The average molecular weight is 222 g/mol. The minimum atomic E-state index is 0.0812. The molecule has 1 aromatic heterocycles. The van der Waals surface area contributed by atoms with Crippen LogP contribution in [0.1, 0.15) is 16.3 Å². The highest BCUT2D eigenvalue weighted by Crippen LogP contribution is 2.08. The Balaban J connectivity index is 1.88. The molecule has 0 saturated carbocycles. The monoisotopic (exact) mass is 222 g/mol. The summed E-state index contributed by atoms with van der Waals surface area (Å²) >= 11 is 0. The average Bonchev–Trinajstić information content (AvgIpc) is 2.68. The third-order valence-corrected chi connectivity index (χ3v) is 2.98. The largest absolute Gasteiger partial charge is 0.458 e. The van der Waals surface area contributed by atoms with Crippen LogP contribution in [0, 0.1) is 6.92 Å². The molecule has 1 saturated heterocycles. The van der Waals surface area contributed by atoms with Crippen LogP contribution >= 0.6 is 0 Å². The molecule has 0 atom stereocenters. The van der Waals surface area contributed by atoms with E-state index in [1.54, 1.807) is 6.07 Å². The number of furan rings is 1. The molecule has 0 N–H and O–H groups in total. The fourth-order valence-electron chi connectivity index (χ4n) is 1.87. The van der Waals surface area contributed by atoms with Gasteiger partial charge in [-0.2, -0.15) is 0 Å². The normalized spacial score (nSPS) is 18.9. The number of piperazine rings is 1. The number of hydrogen-bond donors (Lipinski definition) is 0. The number of likely N-dealkylation sites (N-methyl/N-ethyl adjacent to an activating group) is 1. The lowest BCUT2D eigenvalue weighted by Gasteiger charge is -2.31. The molecule has 0 radical (unpaired) electrons. The van der Waals surface area contributed by atoms with Gasteiger partial charge in [-0.3, -0.25) is 9.69 Å². The zero-order valence-corrected chi connectivity index (χ0v) is 9.90. The van der Waals surface area contributed by atoms with Gasteiger partial charge in [-0.1, -0.05) is 0 Å². The van der Waals surface area contributed by atoms with Crippen molar-refractivity contribution in [3.05, 3.63) is 23.7 Å². The van der Waals surface area contributed by atoms with Crippen molar-refractivity contribution in [2.45, 2.75) is 6.92 Å². The van der Waals surface area contributed by atoms with Crippen molar-refractivity contribution in [1.29, 1.82) is 0 Å². The molecular formula is C12H18N2O2. The molecule has 0 amide bonds. The van der Waals surface area contributed by atoms with Crippen LogP contribution in [0.25, 0.3) is 0 Å². The maximum absolute atomic E-state index is 11.9. The predicted octanol–water partition coefficient (Wildman–Crippen LogP) is 1.02. The van der Waals surface area contributed by atoms with E-state index in [0.29, 0.717) is 12.3 Å². The Hall–Kier alpha value is -1.13. The van der Waals surface area contributed by atoms with Gasteiger partial charge < -0.3 is 9.32 Å². The molecule has 0 unspecified atom stereocenters. The van der Waals surface area contributed by atoms with E-state index in [4.69, 9.17) is 4.42 Å². The van der Waals surface area contributed by atoms with E-state index in [-0.39, 0.29) is 5.78 Å². The molecule has 0 aromatic carbocycles. The van der Waals surface area contributed by atoms with E-state index in [1.165, 1.54) is 0 Å². The number of hydrogen-bond acceptors (Lipinski definition) is 4. The first-order chi connectivity index (χ1) is 7.65. The van der Waals surface area contributed by atoms with Crippen LogP contribution in [0.5, 0.6) is 0 Å². The van der Waals surface area contributed by atoms with Crippen LogP contribution in [0.4, 0.5) is 0 Å². The number of Topliss-reactive ketones (excluding diaryl/α,β-unsaturated/α-hetero) is 1. The van der Waals surface area contributed by atoms with Crippen LogP contribution < -0.4 is 0 Å². The Labute approximate surface area is 95.8 Å². The lowest BCUT2D eigenvalue weighted by Crippen LogP contribution is -2.46. The van der Waals surface area contributed by atoms with Crippen molar-refractivity contribution in [2.75, 3.05) is 39.8 Å². The molecule has 2 heterocycles. The van der Waals surface area contributed by atoms with Crippen LogP contribution in [0.3, 0.4) is 0 Å². The van der Waals surface area contributed by atoms with Crippen molar-refractivity contribution in [1.82, 2.24) is 9.80 Å².